The number of nitrogens with one attached hydrogen (secondary N) is 1. The van der Waals surface area contributed by atoms with Gasteiger partial charge in [-0.15, -0.1) is 12.4 Å². The standard InChI is InChI=1S/C11H13F2N3O3.ClH/c1-7-4-8(16(18)19)2-3-9(7)10(17)15-6-11(12,13)5-14;/h2-4H,5-6,14H2,1H3,(H,15,17);1H. The molecule has 0 heterocycles. The van der Waals surface area contributed by atoms with Crippen LogP contribution in [0.25, 0.3) is 0 Å². The number of hydrogen-bond acceptors (Lipinski definition) is 4. The number of nitro groups is 1. The molecular weight excluding hydrogens is 296 g/mol. The molecule has 1 aromatic rings. The van der Waals surface area contributed by atoms with E-state index in [9.17, 15) is 23.7 Å². The molecule has 112 valence electrons. The van der Waals surface area contributed by atoms with Gasteiger partial charge in [0.1, 0.15) is 0 Å². The summed E-state index contributed by atoms with van der Waals surface area (Å²) in [5, 5.41) is 12.6. The van der Waals surface area contributed by atoms with Crippen molar-refractivity contribution in [3.63, 3.8) is 0 Å². The lowest BCUT2D eigenvalue weighted by atomic mass is 10.1. The van der Waals surface area contributed by atoms with Crippen LogP contribution in [-0.2, 0) is 0 Å². The highest BCUT2D eigenvalue weighted by molar-refractivity contribution is 5.95. The topological polar surface area (TPSA) is 98.3 Å². The highest BCUT2D eigenvalue weighted by Gasteiger charge is 2.27. The molecule has 0 unspecified atom stereocenters. The summed E-state index contributed by atoms with van der Waals surface area (Å²) < 4.78 is 25.7. The van der Waals surface area contributed by atoms with Crippen LogP contribution in [0.3, 0.4) is 0 Å². The Balaban J connectivity index is 0.00000361. The zero-order chi connectivity index (χ0) is 14.6. The van der Waals surface area contributed by atoms with Gasteiger partial charge in [-0.2, -0.15) is 0 Å². The Labute approximate surface area is 119 Å². The summed E-state index contributed by atoms with van der Waals surface area (Å²) in [5.74, 6) is -3.90. The Morgan fingerprint density at radius 3 is 2.55 bits per heavy atom. The molecule has 0 aliphatic carbocycles. The van der Waals surface area contributed by atoms with Crippen LogP contribution < -0.4 is 11.1 Å². The number of nitrogens with two attached hydrogens (primary N) is 1. The molecular formula is C11H14ClF2N3O3. The Hall–Kier alpha value is -1.80. The minimum atomic E-state index is -3.18. The molecule has 0 saturated carbocycles. The van der Waals surface area contributed by atoms with Gasteiger partial charge in [0.15, 0.2) is 0 Å². The Bertz CT molecular complexity index is 512. The quantitative estimate of drug-likeness (QED) is 0.638. The number of rotatable bonds is 5. The van der Waals surface area contributed by atoms with Crippen LogP contribution >= 0.6 is 12.4 Å². The highest BCUT2D eigenvalue weighted by atomic mass is 35.5. The van der Waals surface area contributed by atoms with Crippen molar-refractivity contribution in [1.82, 2.24) is 5.32 Å². The van der Waals surface area contributed by atoms with Crippen molar-refractivity contribution in [3.05, 3.63) is 39.4 Å². The second kappa shape index (κ2) is 7.11. The summed E-state index contributed by atoms with van der Waals surface area (Å²) in [5.41, 5.74) is 5.12. The normalized spacial score (nSPS) is 10.6. The van der Waals surface area contributed by atoms with Crippen LogP contribution in [-0.4, -0.2) is 29.8 Å². The molecule has 20 heavy (non-hydrogen) atoms. The smallest absolute Gasteiger partial charge is 0.277 e. The maximum Gasteiger partial charge on any atom is 0.277 e. The van der Waals surface area contributed by atoms with Gasteiger partial charge in [0.25, 0.3) is 17.5 Å². The second-order valence-electron chi connectivity index (χ2n) is 4.00. The zero-order valence-corrected chi connectivity index (χ0v) is 11.4. The minimum absolute atomic E-state index is 0. The fourth-order valence-corrected chi connectivity index (χ4v) is 1.39. The van der Waals surface area contributed by atoms with E-state index in [1.165, 1.54) is 19.1 Å². The summed E-state index contributed by atoms with van der Waals surface area (Å²) >= 11 is 0. The molecule has 1 aromatic carbocycles. The Morgan fingerprint density at radius 2 is 2.10 bits per heavy atom. The largest absolute Gasteiger partial charge is 0.346 e. The van der Waals surface area contributed by atoms with E-state index in [0.717, 1.165) is 6.07 Å². The van der Waals surface area contributed by atoms with Crippen LogP contribution in [0.1, 0.15) is 15.9 Å². The van der Waals surface area contributed by atoms with Gasteiger partial charge in [-0.3, -0.25) is 14.9 Å². The van der Waals surface area contributed by atoms with E-state index < -0.39 is 29.8 Å². The summed E-state index contributed by atoms with van der Waals surface area (Å²) in [6, 6.07) is 3.57. The van der Waals surface area contributed by atoms with Gasteiger partial charge in [-0.1, -0.05) is 0 Å². The average molecular weight is 310 g/mol. The van der Waals surface area contributed by atoms with Crippen LogP contribution in [0.2, 0.25) is 0 Å². The van der Waals surface area contributed by atoms with Gasteiger partial charge in [0.2, 0.25) is 0 Å². The van der Waals surface area contributed by atoms with Gasteiger partial charge < -0.3 is 11.1 Å². The predicted octanol–water partition coefficient (Wildman–Crippen LogP) is 1.65. The molecule has 0 bridgehead atoms. The fraction of sp³-hybridized carbons (Fsp3) is 0.364. The Kier molecular flexibility index (Phi) is 6.47. The van der Waals surface area contributed by atoms with E-state index in [4.69, 9.17) is 5.73 Å². The lowest BCUT2D eigenvalue weighted by Gasteiger charge is -2.15. The predicted molar refractivity (Wildman–Crippen MR) is 71.4 cm³/mol. The second-order valence-corrected chi connectivity index (χ2v) is 4.00. The molecule has 0 saturated heterocycles. The molecule has 0 radical (unpaired) electrons. The van der Waals surface area contributed by atoms with Crippen LogP contribution in [0.4, 0.5) is 14.5 Å². The lowest BCUT2D eigenvalue weighted by molar-refractivity contribution is -0.384. The molecule has 0 aliphatic heterocycles. The van der Waals surface area contributed by atoms with E-state index in [-0.39, 0.29) is 23.7 Å². The summed E-state index contributed by atoms with van der Waals surface area (Å²) in [7, 11) is 0. The number of carbonyl (C=O) groups is 1. The van der Waals surface area contributed by atoms with Crippen LogP contribution in [0.15, 0.2) is 18.2 Å². The SMILES string of the molecule is Cc1cc([N+](=O)[O-])ccc1C(=O)NCC(F)(F)CN.Cl. The molecule has 1 amide bonds. The lowest BCUT2D eigenvalue weighted by Crippen LogP contribution is -2.41. The number of nitrogens with zero attached hydrogens (tertiary/aromatic N) is 1. The van der Waals surface area contributed by atoms with Crippen molar-refractivity contribution >= 4 is 24.0 Å². The van der Waals surface area contributed by atoms with Crippen molar-refractivity contribution < 1.29 is 18.5 Å². The van der Waals surface area contributed by atoms with Gasteiger partial charge in [0, 0.05) is 17.7 Å². The first kappa shape index (κ1) is 18.2. The van der Waals surface area contributed by atoms with E-state index in [1.54, 1.807) is 0 Å². The summed E-state index contributed by atoms with van der Waals surface area (Å²) in [4.78, 5) is 21.6. The van der Waals surface area contributed by atoms with Gasteiger partial charge in [-0.25, -0.2) is 8.78 Å². The van der Waals surface area contributed by atoms with E-state index >= 15 is 0 Å². The molecule has 0 spiro atoms. The zero-order valence-electron chi connectivity index (χ0n) is 10.6. The molecule has 1 rings (SSSR count). The number of non-ortho nitro benzene ring substituents is 1. The summed E-state index contributed by atoms with van der Waals surface area (Å²) in [6.07, 6.45) is 0. The third kappa shape index (κ3) is 4.71. The van der Waals surface area contributed by atoms with Gasteiger partial charge >= 0.3 is 0 Å². The minimum Gasteiger partial charge on any atom is -0.346 e. The van der Waals surface area contributed by atoms with E-state index in [0.29, 0.717) is 5.56 Å². The van der Waals surface area contributed by atoms with Crippen molar-refractivity contribution in [2.75, 3.05) is 13.1 Å². The number of aryl methyl sites for hydroxylation is 1. The van der Waals surface area contributed by atoms with Gasteiger partial charge in [-0.05, 0) is 18.6 Å². The van der Waals surface area contributed by atoms with Crippen LogP contribution in [0, 0.1) is 17.0 Å². The molecule has 9 heteroatoms. The first-order valence-corrected chi connectivity index (χ1v) is 5.38. The number of halogens is 3. The monoisotopic (exact) mass is 309 g/mol. The van der Waals surface area contributed by atoms with Crippen molar-refractivity contribution in [2.24, 2.45) is 5.73 Å². The molecule has 6 nitrogen and oxygen atoms in total. The third-order valence-electron chi connectivity index (χ3n) is 2.47. The molecule has 0 aliphatic rings. The highest BCUT2D eigenvalue weighted by Crippen LogP contribution is 2.17. The first-order valence-electron chi connectivity index (χ1n) is 5.38. The van der Waals surface area contributed by atoms with Crippen molar-refractivity contribution in [2.45, 2.75) is 12.8 Å². The third-order valence-corrected chi connectivity index (χ3v) is 2.47. The number of nitro benzene ring substituents is 1. The fourth-order valence-electron chi connectivity index (χ4n) is 1.39. The molecule has 3 N–H and O–H groups in total. The number of carbonyl (C=O) groups excluding carboxylic acids is 1. The van der Waals surface area contributed by atoms with Crippen molar-refractivity contribution in [1.29, 1.82) is 0 Å². The summed E-state index contributed by atoms with van der Waals surface area (Å²) in [6.45, 7) is -0.256. The van der Waals surface area contributed by atoms with E-state index in [2.05, 4.69) is 0 Å². The molecule has 0 aromatic heterocycles. The Morgan fingerprint density at radius 1 is 1.50 bits per heavy atom. The van der Waals surface area contributed by atoms with Gasteiger partial charge in [0.05, 0.1) is 18.0 Å². The average Bonchev–Trinajstić information content (AvgIpc) is 2.36. The number of amides is 1. The van der Waals surface area contributed by atoms with Crippen LogP contribution in [0.5, 0.6) is 0 Å². The number of benzene rings is 1. The first-order chi connectivity index (χ1) is 8.76. The number of alkyl halides is 2. The maximum absolute atomic E-state index is 12.9. The molecule has 0 fully saturated rings. The maximum atomic E-state index is 12.9. The molecule has 0 atom stereocenters. The van der Waals surface area contributed by atoms with E-state index in [1.807, 2.05) is 5.32 Å². The van der Waals surface area contributed by atoms with Crippen molar-refractivity contribution in [3.8, 4) is 0 Å². The number of hydrogen-bond donors (Lipinski definition) is 2.